The predicted molar refractivity (Wildman–Crippen MR) is 138 cm³/mol. The van der Waals surface area contributed by atoms with Crippen LogP contribution in [-0.2, 0) is 0 Å². The highest BCUT2D eigenvalue weighted by atomic mass is 35.5. The van der Waals surface area contributed by atoms with Gasteiger partial charge in [-0.3, -0.25) is 4.99 Å². The molecule has 33 heavy (non-hydrogen) atoms. The van der Waals surface area contributed by atoms with Crippen molar-refractivity contribution in [2.75, 3.05) is 25.4 Å². The molecule has 2 aliphatic rings. The van der Waals surface area contributed by atoms with Gasteiger partial charge in [-0.25, -0.2) is 4.98 Å². The van der Waals surface area contributed by atoms with Crippen molar-refractivity contribution in [2.24, 2.45) is 10.9 Å². The summed E-state index contributed by atoms with van der Waals surface area (Å²) in [6.45, 7) is 3.03. The number of nitrogen functional groups attached to an aromatic ring is 1. The Kier molecular flexibility index (Phi) is 6.51. The van der Waals surface area contributed by atoms with E-state index in [4.69, 9.17) is 22.3 Å². The smallest absolute Gasteiger partial charge is 0.139 e. The average Bonchev–Trinajstić information content (AvgIpc) is 3.32. The number of hydrogen-bond donors (Lipinski definition) is 1. The normalized spacial score (nSPS) is 16.5. The minimum atomic E-state index is 0.419. The van der Waals surface area contributed by atoms with Gasteiger partial charge in [0.25, 0.3) is 0 Å². The van der Waals surface area contributed by atoms with Gasteiger partial charge in [-0.1, -0.05) is 73.7 Å². The number of hydrogen-bond acceptors (Lipinski definition) is 4. The molecule has 1 aliphatic carbocycles. The maximum Gasteiger partial charge on any atom is 0.139 e. The first-order chi connectivity index (χ1) is 16.2. The summed E-state index contributed by atoms with van der Waals surface area (Å²) in [6.07, 6.45) is 10.1. The largest absolute Gasteiger partial charge is 0.383 e. The van der Waals surface area contributed by atoms with Gasteiger partial charge >= 0.3 is 0 Å². The molecule has 1 aliphatic heterocycles. The maximum absolute atomic E-state index is 6.19. The summed E-state index contributed by atoms with van der Waals surface area (Å²) >= 11 is 6.19. The van der Waals surface area contributed by atoms with Crippen LogP contribution in [0.25, 0.3) is 10.8 Å². The number of benzene rings is 2. The molecule has 3 aromatic rings. The van der Waals surface area contributed by atoms with E-state index in [-0.39, 0.29) is 0 Å². The van der Waals surface area contributed by atoms with Crippen molar-refractivity contribution < 1.29 is 0 Å². The number of aromatic nitrogens is 1. The summed E-state index contributed by atoms with van der Waals surface area (Å²) in [7, 11) is 0. The van der Waals surface area contributed by atoms with Crippen molar-refractivity contribution in [1.29, 1.82) is 0 Å². The van der Waals surface area contributed by atoms with Crippen LogP contribution in [0, 0.1) is 17.8 Å². The van der Waals surface area contributed by atoms with E-state index in [9.17, 15) is 0 Å². The van der Waals surface area contributed by atoms with Gasteiger partial charge in [0, 0.05) is 46.2 Å². The lowest BCUT2D eigenvalue weighted by Gasteiger charge is -2.26. The zero-order valence-electron chi connectivity index (χ0n) is 18.9. The predicted octanol–water partition coefficient (Wildman–Crippen LogP) is 5.90. The van der Waals surface area contributed by atoms with Crippen molar-refractivity contribution >= 4 is 34.0 Å². The first-order valence-corrected chi connectivity index (χ1v) is 12.3. The number of rotatable bonds is 4. The molecule has 1 saturated carbocycles. The maximum atomic E-state index is 6.19. The van der Waals surface area contributed by atoms with E-state index < -0.39 is 0 Å². The average molecular weight is 457 g/mol. The van der Waals surface area contributed by atoms with E-state index in [0.29, 0.717) is 16.4 Å². The molecule has 0 atom stereocenters. The number of aliphatic imine (C=N–C) groups is 1. The SMILES string of the molecule is Nc1ncc2ccc(Cl)cc2c1C#Cc1ccc(C2=NCCN2CCC2CCCCC2)cc1. The fourth-order valence-electron chi connectivity index (χ4n) is 4.96. The summed E-state index contributed by atoms with van der Waals surface area (Å²) in [5.41, 5.74) is 8.94. The van der Waals surface area contributed by atoms with Gasteiger partial charge in [-0.05, 0) is 36.6 Å². The molecule has 0 radical (unpaired) electrons. The Labute approximate surface area is 200 Å². The summed E-state index contributed by atoms with van der Waals surface area (Å²) in [4.78, 5) is 11.5. The molecule has 168 valence electrons. The number of amidine groups is 1. The Balaban J connectivity index is 1.31. The van der Waals surface area contributed by atoms with Crippen LogP contribution in [0.5, 0.6) is 0 Å². The highest BCUT2D eigenvalue weighted by molar-refractivity contribution is 6.31. The van der Waals surface area contributed by atoms with Crippen LogP contribution < -0.4 is 5.73 Å². The van der Waals surface area contributed by atoms with Crippen LogP contribution in [0.3, 0.4) is 0 Å². The standard InChI is InChI=1S/C28H29ClN4/c29-24-12-11-23-19-32-27(30)25(26(23)18-24)13-8-21-6-9-22(10-7-21)28-31-15-17-33(28)16-14-20-4-2-1-3-5-20/h6-7,9-12,18-20H,1-5,14-17H2,(H2,30,32). The molecule has 0 saturated heterocycles. The second kappa shape index (κ2) is 9.85. The van der Waals surface area contributed by atoms with Gasteiger partial charge < -0.3 is 10.6 Å². The first kappa shape index (κ1) is 21.8. The summed E-state index contributed by atoms with van der Waals surface area (Å²) in [5, 5.41) is 2.56. The zero-order valence-corrected chi connectivity index (χ0v) is 19.6. The van der Waals surface area contributed by atoms with E-state index in [2.05, 4.69) is 46.0 Å². The molecule has 0 bridgehead atoms. The molecule has 0 amide bonds. The second-order valence-electron chi connectivity index (χ2n) is 9.06. The fraction of sp³-hybridized carbons (Fsp3) is 0.357. The quantitative estimate of drug-likeness (QED) is 0.497. The molecule has 5 heteroatoms. The number of halogens is 1. The van der Waals surface area contributed by atoms with Crippen LogP contribution in [-0.4, -0.2) is 35.4 Å². The Morgan fingerprint density at radius 3 is 2.67 bits per heavy atom. The van der Waals surface area contributed by atoms with E-state index in [1.54, 1.807) is 6.20 Å². The number of pyridine rings is 1. The summed E-state index contributed by atoms with van der Waals surface area (Å²) in [5.74, 6) is 8.90. The monoisotopic (exact) mass is 456 g/mol. The third kappa shape index (κ3) is 4.99. The number of nitrogens with zero attached hydrogens (tertiary/aromatic N) is 3. The third-order valence-corrected chi connectivity index (χ3v) is 7.06. The summed E-state index contributed by atoms with van der Waals surface area (Å²) in [6, 6.07) is 14.1. The molecule has 0 unspecified atom stereocenters. The van der Waals surface area contributed by atoms with E-state index in [0.717, 1.165) is 47.7 Å². The lowest BCUT2D eigenvalue weighted by atomic mass is 9.87. The minimum absolute atomic E-state index is 0.419. The van der Waals surface area contributed by atoms with E-state index >= 15 is 0 Å². The van der Waals surface area contributed by atoms with Crippen molar-refractivity contribution in [2.45, 2.75) is 38.5 Å². The van der Waals surface area contributed by atoms with Gasteiger partial charge in [0.2, 0.25) is 0 Å². The number of anilines is 1. The number of nitrogens with two attached hydrogens (primary N) is 1. The lowest BCUT2D eigenvalue weighted by molar-refractivity contribution is 0.305. The highest BCUT2D eigenvalue weighted by Gasteiger charge is 2.21. The molecular weight excluding hydrogens is 428 g/mol. The first-order valence-electron chi connectivity index (χ1n) is 11.9. The highest BCUT2D eigenvalue weighted by Crippen LogP contribution is 2.27. The minimum Gasteiger partial charge on any atom is -0.383 e. The van der Waals surface area contributed by atoms with Crippen LogP contribution in [0.15, 0.2) is 53.7 Å². The Hall–Kier alpha value is -3.03. The molecule has 4 nitrogen and oxygen atoms in total. The van der Waals surface area contributed by atoms with Crippen molar-refractivity contribution in [3.8, 4) is 11.8 Å². The molecule has 5 rings (SSSR count). The molecular formula is C28H29ClN4. The van der Waals surface area contributed by atoms with Crippen LogP contribution in [0.2, 0.25) is 5.02 Å². The van der Waals surface area contributed by atoms with Gasteiger partial charge in [-0.2, -0.15) is 0 Å². The van der Waals surface area contributed by atoms with Crippen molar-refractivity contribution in [3.05, 3.63) is 70.4 Å². The van der Waals surface area contributed by atoms with Gasteiger partial charge in [0.1, 0.15) is 11.7 Å². The van der Waals surface area contributed by atoms with Crippen LogP contribution in [0.1, 0.15) is 55.2 Å². The number of fused-ring (bicyclic) bond motifs is 1. The van der Waals surface area contributed by atoms with E-state index in [1.165, 1.54) is 44.1 Å². The van der Waals surface area contributed by atoms with E-state index in [1.807, 2.05) is 18.2 Å². The molecule has 2 N–H and O–H groups in total. The molecule has 2 aromatic carbocycles. The van der Waals surface area contributed by atoms with Crippen molar-refractivity contribution in [1.82, 2.24) is 9.88 Å². The zero-order chi connectivity index (χ0) is 22.6. The van der Waals surface area contributed by atoms with Gasteiger partial charge in [0.05, 0.1) is 12.1 Å². The Bertz CT molecular complexity index is 1230. The fourth-order valence-corrected chi connectivity index (χ4v) is 5.13. The Morgan fingerprint density at radius 1 is 1.03 bits per heavy atom. The Morgan fingerprint density at radius 2 is 1.85 bits per heavy atom. The topological polar surface area (TPSA) is 54.5 Å². The molecule has 1 aromatic heterocycles. The third-order valence-electron chi connectivity index (χ3n) is 6.82. The lowest BCUT2D eigenvalue weighted by Crippen LogP contribution is -2.31. The molecule has 0 spiro atoms. The molecule has 2 heterocycles. The van der Waals surface area contributed by atoms with Gasteiger partial charge in [0.15, 0.2) is 0 Å². The molecule has 1 fully saturated rings. The second-order valence-corrected chi connectivity index (χ2v) is 9.50. The van der Waals surface area contributed by atoms with Crippen LogP contribution >= 0.6 is 11.6 Å². The van der Waals surface area contributed by atoms with Crippen molar-refractivity contribution in [3.63, 3.8) is 0 Å². The van der Waals surface area contributed by atoms with Gasteiger partial charge in [-0.15, -0.1) is 0 Å². The van der Waals surface area contributed by atoms with Crippen LogP contribution in [0.4, 0.5) is 5.82 Å². The summed E-state index contributed by atoms with van der Waals surface area (Å²) < 4.78 is 0.